The second-order valence-corrected chi connectivity index (χ2v) is 4.81. The maximum absolute atomic E-state index is 12.9. The average Bonchev–Trinajstić information content (AvgIpc) is 2.91. The van der Waals surface area contributed by atoms with Gasteiger partial charge >= 0.3 is 5.97 Å². The third kappa shape index (κ3) is 2.98. The number of halogens is 1. The number of hydrogen-bond donors (Lipinski definition) is 0. The Hall–Kier alpha value is -2.69. The lowest BCUT2D eigenvalue weighted by Crippen LogP contribution is -2.07. The summed E-state index contributed by atoms with van der Waals surface area (Å²) in [5.41, 5.74) is 2.78. The molecule has 0 unspecified atom stereocenters. The lowest BCUT2D eigenvalue weighted by molar-refractivity contribution is -0.142. The van der Waals surface area contributed by atoms with E-state index in [0.717, 1.165) is 5.56 Å². The summed E-state index contributed by atoms with van der Waals surface area (Å²) in [5, 5.41) is 0. The molecule has 3 aromatic rings. The number of benzene rings is 2. The molecule has 0 spiro atoms. The Morgan fingerprint density at radius 2 is 2.00 bits per heavy atom. The molecule has 0 N–H and O–H groups in total. The van der Waals surface area contributed by atoms with Crippen LogP contribution in [-0.2, 0) is 16.0 Å². The van der Waals surface area contributed by atoms with E-state index in [4.69, 9.17) is 9.15 Å². The molecule has 22 heavy (non-hydrogen) atoms. The minimum absolute atomic E-state index is 0.197. The van der Waals surface area contributed by atoms with E-state index < -0.39 is 0 Å². The minimum Gasteiger partial charge on any atom is -0.466 e. The van der Waals surface area contributed by atoms with E-state index in [2.05, 4.69) is 4.98 Å². The molecule has 4 nitrogen and oxygen atoms in total. The van der Waals surface area contributed by atoms with Crippen LogP contribution in [0.1, 0.15) is 12.5 Å². The molecule has 0 saturated carbocycles. The smallest absolute Gasteiger partial charge is 0.310 e. The summed E-state index contributed by atoms with van der Waals surface area (Å²) in [6.45, 7) is 2.13. The number of ether oxygens (including phenoxy) is 1. The van der Waals surface area contributed by atoms with Gasteiger partial charge in [0.1, 0.15) is 11.3 Å². The lowest BCUT2D eigenvalue weighted by atomic mass is 10.1. The monoisotopic (exact) mass is 299 g/mol. The maximum Gasteiger partial charge on any atom is 0.310 e. The fraction of sp³-hybridized carbons (Fsp3) is 0.176. The molecular formula is C17H14FNO3. The van der Waals surface area contributed by atoms with E-state index in [1.165, 1.54) is 12.1 Å². The second-order valence-electron chi connectivity index (χ2n) is 4.81. The van der Waals surface area contributed by atoms with Crippen molar-refractivity contribution in [2.75, 3.05) is 6.61 Å². The normalized spacial score (nSPS) is 10.8. The van der Waals surface area contributed by atoms with Gasteiger partial charge in [-0.2, -0.15) is 0 Å². The van der Waals surface area contributed by atoms with Gasteiger partial charge in [-0.05, 0) is 48.9 Å². The van der Waals surface area contributed by atoms with Gasteiger partial charge in [0, 0.05) is 5.56 Å². The molecule has 112 valence electrons. The van der Waals surface area contributed by atoms with Crippen LogP contribution < -0.4 is 0 Å². The van der Waals surface area contributed by atoms with Crippen LogP contribution in [-0.4, -0.2) is 17.6 Å². The predicted molar refractivity (Wildman–Crippen MR) is 79.7 cm³/mol. The van der Waals surface area contributed by atoms with Crippen LogP contribution in [0.5, 0.6) is 0 Å². The number of carbonyl (C=O) groups is 1. The number of nitrogens with zero attached hydrogens (tertiary/aromatic N) is 1. The summed E-state index contributed by atoms with van der Waals surface area (Å²) < 4.78 is 23.5. The van der Waals surface area contributed by atoms with Crippen molar-refractivity contribution in [3.8, 4) is 11.5 Å². The zero-order chi connectivity index (χ0) is 15.5. The first-order valence-electron chi connectivity index (χ1n) is 6.96. The number of fused-ring (bicyclic) bond motifs is 1. The van der Waals surface area contributed by atoms with E-state index in [0.29, 0.717) is 29.2 Å². The van der Waals surface area contributed by atoms with Crippen molar-refractivity contribution in [3.05, 3.63) is 53.8 Å². The lowest BCUT2D eigenvalue weighted by Gasteiger charge is -2.01. The van der Waals surface area contributed by atoms with Gasteiger partial charge in [-0.3, -0.25) is 4.79 Å². The Balaban J connectivity index is 1.90. The van der Waals surface area contributed by atoms with Gasteiger partial charge in [0.25, 0.3) is 0 Å². The summed E-state index contributed by atoms with van der Waals surface area (Å²) in [6, 6.07) is 11.3. The van der Waals surface area contributed by atoms with Gasteiger partial charge in [0.05, 0.1) is 13.0 Å². The largest absolute Gasteiger partial charge is 0.466 e. The second kappa shape index (κ2) is 5.97. The Morgan fingerprint density at radius 1 is 1.23 bits per heavy atom. The highest BCUT2D eigenvalue weighted by molar-refractivity contribution is 5.79. The number of carbonyl (C=O) groups excluding carboxylic acids is 1. The van der Waals surface area contributed by atoms with Gasteiger partial charge in [-0.15, -0.1) is 0 Å². The van der Waals surface area contributed by atoms with Crippen LogP contribution in [0, 0.1) is 5.82 Å². The summed E-state index contributed by atoms with van der Waals surface area (Å²) in [5.74, 6) is -0.163. The van der Waals surface area contributed by atoms with Gasteiger partial charge in [-0.25, -0.2) is 9.37 Å². The van der Waals surface area contributed by atoms with Crippen LogP contribution in [0.25, 0.3) is 22.6 Å². The van der Waals surface area contributed by atoms with Crippen LogP contribution in [0.4, 0.5) is 4.39 Å². The van der Waals surface area contributed by atoms with Crippen LogP contribution in [0.15, 0.2) is 46.9 Å². The highest BCUT2D eigenvalue weighted by Gasteiger charge is 2.10. The standard InChI is InChI=1S/C17H14FNO3/c1-2-21-16(20)10-11-3-8-15-14(9-11)19-17(22-15)12-4-6-13(18)7-5-12/h3-9H,2,10H2,1H3. The molecule has 0 fully saturated rings. The highest BCUT2D eigenvalue weighted by atomic mass is 19.1. The minimum atomic E-state index is -0.309. The van der Waals surface area contributed by atoms with Crippen LogP contribution in [0.2, 0.25) is 0 Å². The molecule has 0 aliphatic carbocycles. The van der Waals surface area contributed by atoms with Gasteiger partial charge < -0.3 is 9.15 Å². The average molecular weight is 299 g/mol. The Morgan fingerprint density at radius 3 is 2.73 bits per heavy atom. The van der Waals surface area contributed by atoms with E-state index in [1.54, 1.807) is 37.3 Å². The van der Waals surface area contributed by atoms with Crippen molar-refractivity contribution in [1.82, 2.24) is 4.98 Å². The van der Waals surface area contributed by atoms with Crippen molar-refractivity contribution >= 4 is 17.1 Å². The first-order chi connectivity index (χ1) is 10.7. The molecule has 0 aliphatic heterocycles. The van der Waals surface area contributed by atoms with E-state index in [-0.39, 0.29) is 18.2 Å². The molecule has 0 atom stereocenters. The van der Waals surface area contributed by atoms with Crippen LogP contribution in [0.3, 0.4) is 0 Å². The molecule has 0 aliphatic rings. The summed E-state index contributed by atoms with van der Waals surface area (Å²) >= 11 is 0. The molecule has 3 rings (SSSR count). The Kier molecular flexibility index (Phi) is 3.87. The fourth-order valence-electron chi connectivity index (χ4n) is 2.18. The van der Waals surface area contributed by atoms with Crippen molar-refractivity contribution in [1.29, 1.82) is 0 Å². The first-order valence-corrected chi connectivity index (χ1v) is 6.96. The maximum atomic E-state index is 12.9. The Bertz CT molecular complexity index is 808. The molecule has 0 bridgehead atoms. The van der Waals surface area contributed by atoms with Gasteiger partial charge in [0.2, 0.25) is 5.89 Å². The SMILES string of the molecule is CCOC(=O)Cc1ccc2oc(-c3ccc(F)cc3)nc2c1. The molecule has 0 amide bonds. The zero-order valence-electron chi connectivity index (χ0n) is 12.0. The highest BCUT2D eigenvalue weighted by Crippen LogP contribution is 2.25. The van der Waals surface area contributed by atoms with Crippen molar-refractivity contribution in [2.24, 2.45) is 0 Å². The van der Waals surface area contributed by atoms with E-state index in [9.17, 15) is 9.18 Å². The number of rotatable bonds is 4. The molecule has 2 aromatic carbocycles. The van der Waals surface area contributed by atoms with Gasteiger partial charge in [-0.1, -0.05) is 6.07 Å². The number of esters is 1. The van der Waals surface area contributed by atoms with E-state index in [1.807, 2.05) is 0 Å². The topological polar surface area (TPSA) is 52.3 Å². The van der Waals surface area contributed by atoms with Gasteiger partial charge in [0.15, 0.2) is 5.58 Å². The number of hydrogen-bond acceptors (Lipinski definition) is 4. The van der Waals surface area contributed by atoms with Crippen LogP contribution >= 0.6 is 0 Å². The Labute approximate surface area is 126 Å². The summed E-state index contributed by atoms with van der Waals surface area (Å²) in [6.07, 6.45) is 0.197. The van der Waals surface area contributed by atoms with Crippen molar-refractivity contribution < 1.29 is 18.3 Å². The third-order valence-corrected chi connectivity index (χ3v) is 3.20. The molecule has 1 heterocycles. The van der Waals surface area contributed by atoms with Crippen molar-refractivity contribution in [2.45, 2.75) is 13.3 Å². The number of oxazole rings is 1. The molecule has 0 saturated heterocycles. The fourth-order valence-corrected chi connectivity index (χ4v) is 2.18. The molecule has 5 heteroatoms. The van der Waals surface area contributed by atoms with Crippen molar-refractivity contribution in [3.63, 3.8) is 0 Å². The quantitative estimate of drug-likeness (QED) is 0.689. The van der Waals surface area contributed by atoms with E-state index >= 15 is 0 Å². The molecule has 1 aromatic heterocycles. The third-order valence-electron chi connectivity index (χ3n) is 3.20. The summed E-state index contributed by atoms with van der Waals surface area (Å²) in [7, 11) is 0. The molecular weight excluding hydrogens is 285 g/mol. The first kappa shape index (κ1) is 14.3. The number of aromatic nitrogens is 1. The predicted octanol–water partition coefficient (Wildman–Crippen LogP) is 3.74. The zero-order valence-corrected chi connectivity index (χ0v) is 12.0. The molecule has 0 radical (unpaired) electrons. The summed E-state index contributed by atoms with van der Waals surface area (Å²) in [4.78, 5) is 15.9.